The molecule has 0 bridgehead atoms. The first-order valence-electron chi connectivity index (χ1n) is 20.0. The van der Waals surface area contributed by atoms with Gasteiger partial charge in [0, 0.05) is 17.3 Å². The number of allylic oxidation sites excluding steroid dienone is 4. The first-order chi connectivity index (χ1) is 28.3. The minimum atomic E-state index is 0.286. The summed E-state index contributed by atoms with van der Waals surface area (Å²) in [4.78, 5) is 0. The van der Waals surface area contributed by atoms with Crippen LogP contribution in [-0.2, 0) is 0 Å². The number of fused-ring (bicyclic) bond motifs is 4. The summed E-state index contributed by atoms with van der Waals surface area (Å²) in [5.74, 6) is 0.286. The molecule has 10 aromatic rings. The van der Waals surface area contributed by atoms with Gasteiger partial charge in [0.15, 0.2) is 0 Å². The second kappa shape index (κ2) is 13.8. The molecule has 1 heterocycles. The molecule has 1 nitrogen and oxygen atoms in total. The number of aromatic nitrogens is 1. The molecule has 1 atom stereocenters. The van der Waals surface area contributed by atoms with Crippen LogP contribution < -0.4 is 0 Å². The molecule has 11 rings (SSSR count). The number of benzene rings is 9. The van der Waals surface area contributed by atoms with Gasteiger partial charge >= 0.3 is 0 Å². The van der Waals surface area contributed by atoms with Crippen molar-refractivity contribution in [3.8, 4) is 50.3 Å². The molecule has 268 valence electrons. The van der Waals surface area contributed by atoms with Crippen LogP contribution in [0.3, 0.4) is 0 Å². The lowest BCUT2D eigenvalue weighted by Gasteiger charge is -2.22. The van der Waals surface area contributed by atoms with Crippen molar-refractivity contribution in [2.45, 2.75) is 12.3 Å². The summed E-state index contributed by atoms with van der Waals surface area (Å²) in [6.45, 7) is 0. The minimum Gasteiger partial charge on any atom is -0.313 e. The van der Waals surface area contributed by atoms with Crippen molar-refractivity contribution in [2.24, 2.45) is 0 Å². The minimum absolute atomic E-state index is 0.286. The van der Waals surface area contributed by atoms with Crippen LogP contribution in [0.1, 0.15) is 18.0 Å². The molecule has 0 aliphatic heterocycles. The third kappa shape index (κ3) is 5.71. The highest BCUT2D eigenvalue weighted by atomic mass is 15.0. The molecule has 1 heteroatoms. The molecule has 1 aliphatic carbocycles. The van der Waals surface area contributed by atoms with Gasteiger partial charge in [0.2, 0.25) is 0 Å². The summed E-state index contributed by atoms with van der Waals surface area (Å²) >= 11 is 0. The Bertz CT molecular complexity index is 3190. The molecule has 0 saturated heterocycles. The number of nitrogens with zero attached hydrogens (tertiary/aromatic N) is 1. The maximum Gasteiger partial charge on any atom is 0.0531 e. The van der Waals surface area contributed by atoms with Gasteiger partial charge in [-0.15, -0.1) is 0 Å². The quantitative estimate of drug-likeness (QED) is 0.150. The van der Waals surface area contributed by atoms with Gasteiger partial charge in [-0.1, -0.05) is 188 Å². The Hall–Kier alpha value is -7.22. The first kappa shape index (κ1) is 33.1. The van der Waals surface area contributed by atoms with Crippen LogP contribution in [0.5, 0.6) is 0 Å². The van der Waals surface area contributed by atoms with Crippen LogP contribution in [0.25, 0.3) is 93.4 Å². The van der Waals surface area contributed by atoms with Crippen LogP contribution in [-0.4, -0.2) is 4.57 Å². The molecular weight excluding hydrogens is 687 g/mol. The van der Waals surface area contributed by atoms with E-state index in [1.807, 2.05) is 0 Å². The molecule has 1 aromatic heterocycles. The molecular formula is C56H39N. The maximum atomic E-state index is 2.50. The number of rotatable bonds is 6. The lowest BCUT2D eigenvalue weighted by atomic mass is 9.85. The Morgan fingerprint density at radius 3 is 1.82 bits per heavy atom. The average molecular weight is 726 g/mol. The van der Waals surface area contributed by atoms with Crippen LogP contribution in [0.4, 0.5) is 0 Å². The Morgan fingerprint density at radius 2 is 1.04 bits per heavy atom. The number of hydrogen-bond acceptors (Lipinski definition) is 0. The van der Waals surface area contributed by atoms with Crippen molar-refractivity contribution in [3.63, 3.8) is 0 Å². The largest absolute Gasteiger partial charge is 0.313 e. The van der Waals surface area contributed by atoms with E-state index in [4.69, 9.17) is 0 Å². The van der Waals surface area contributed by atoms with E-state index in [1.54, 1.807) is 0 Å². The smallest absolute Gasteiger partial charge is 0.0531 e. The van der Waals surface area contributed by atoms with Gasteiger partial charge in [0.05, 0.1) is 5.69 Å². The maximum absolute atomic E-state index is 2.50. The van der Waals surface area contributed by atoms with Gasteiger partial charge in [0.1, 0.15) is 0 Å². The molecule has 57 heavy (non-hydrogen) atoms. The highest BCUT2D eigenvalue weighted by molar-refractivity contribution is 6.22. The van der Waals surface area contributed by atoms with Crippen molar-refractivity contribution in [1.29, 1.82) is 0 Å². The van der Waals surface area contributed by atoms with Gasteiger partial charge in [-0.2, -0.15) is 0 Å². The van der Waals surface area contributed by atoms with Crippen LogP contribution in [0, 0.1) is 0 Å². The molecule has 0 radical (unpaired) electrons. The van der Waals surface area contributed by atoms with Crippen molar-refractivity contribution in [2.75, 3.05) is 0 Å². The van der Waals surface area contributed by atoms with E-state index in [-0.39, 0.29) is 5.92 Å². The molecule has 1 aliphatic rings. The fourth-order valence-electron chi connectivity index (χ4n) is 9.23. The zero-order valence-corrected chi connectivity index (χ0v) is 31.5. The first-order valence-corrected chi connectivity index (χ1v) is 20.0. The summed E-state index contributed by atoms with van der Waals surface area (Å²) in [6.07, 6.45) is 9.96. The van der Waals surface area contributed by atoms with E-state index < -0.39 is 0 Å². The lowest BCUT2D eigenvalue weighted by molar-refractivity contribution is 0.786. The zero-order chi connectivity index (χ0) is 37.7. The summed E-state index contributed by atoms with van der Waals surface area (Å²) in [5, 5.41) is 10.0. The predicted octanol–water partition coefficient (Wildman–Crippen LogP) is 15.4. The van der Waals surface area contributed by atoms with Gasteiger partial charge in [-0.3, -0.25) is 0 Å². The van der Waals surface area contributed by atoms with Crippen LogP contribution in [0.2, 0.25) is 0 Å². The van der Waals surface area contributed by atoms with Crippen molar-refractivity contribution >= 4 is 43.1 Å². The second-order valence-electron chi connectivity index (χ2n) is 15.2. The van der Waals surface area contributed by atoms with Gasteiger partial charge < -0.3 is 4.57 Å². The van der Waals surface area contributed by atoms with Crippen molar-refractivity contribution in [1.82, 2.24) is 4.57 Å². The van der Waals surface area contributed by atoms with Gasteiger partial charge in [-0.05, 0) is 119 Å². The summed E-state index contributed by atoms with van der Waals surface area (Å²) in [7, 11) is 0. The lowest BCUT2D eigenvalue weighted by Crippen LogP contribution is -2.07. The van der Waals surface area contributed by atoms with E-state index in [0.29, 0.717) is 0 Å². The summed E-state index contributed by atoms with van der Waals surface area (Å²) in [5.41, 5.74) is 12.3. The van der Waals surface area contributed by atoms with E-state index in [2.05, 4.69) is 223 Å². The Balaban J connectivity index is 1.19. The highest BCUT2D eigenvalue weighted by Gasteiger charge is 2.22. The van der Waals surface area contributed by atoms with Crippen LogP contribution in [0.15, 0.2) is 218 Å². The summed E-state index contributed by atoms with van der Waals surface area (Å²) in [6, 6.07) is 71.8. The molecule has 0 saturated carbocycles. The zero-order valence-electron chi connectivity index (χ0n) is 31.5. The fraction of sp³-hybridized carbons (Fsp3) is 0.0357. The van der Waals surface area contributed by atoms with E-state index in [0.717, 1.165) is 12.1 Å². The number of hydrogen-bond donors (Lipinski definition) is 0. The predicted molar refractivity (Wildman–Crippen MR) is 243 cm³/mol. The Kier molecular flexibility index (Phi) is 8.03. The van der Waals surface area contributed by atoms with E-state index in [1.165, 1.54) is 93.4 Å². The molecule has 1 unspecified atom stereocenters. The second-order valence-corrected chi connectivity index (χ2v) is 15.2. The SMILES string of the molecule is C1=CCC(c2ccc(-c3ccccc3)n2-c2ccc3c(-c4ccc5ccccc5c4)c4ccccc4c(-c4ccc(-c5cccc6ccccc56)cc4)c3c2)C=C1. The highest BCUT2D eigenvalue weighted by Crippen LogP contribution is 2.46. The Morgan fingerprint density at radius 1 is 0.386 bits per heavy atom. The Labute approximate surface area is 333 Å². The third-order valence-electron chi connectivity index (χ3n) is 11.9. The molecule has 0 N–H and O–H groups in total. The van der Waals surface area contributed by atoms with Gasteiger partial charge in [-0.25, -0.2) is 0 Å². The normalized spacial score (nSPS) is 13.9. The standard InChI is InChI=1S/C56H39N/c1-3-16-41(17-4-1)53-34-35-54(42-18-5-2-6-19-42)57(53)46-32-33-51-52(37-46)55(43-29-27-40(28-30-43)48-25-13-21-39-15-9-10-22-47(39)48)49-23-11-12-24-50(49)56(51)45-31-26-38-14-7-8-20-44(38)36-45/h1-18,20-37,42H,19H2. The molecule has 0 fully saturated rings. The topological polar surface area (TPSA) is 4.93 Å². The van der Waals surface area contributed by atoms with Crippen LogP contribution >= 0.6 is 0 Å². The van der Waals surface area contributed by atoms with Crippen molar-refractivity contribution < 1.29 is 0 Å². The monoisotopic (exact) mass is 725 g/mol. The molecule has 0 spiro atoms. The third-order valence-corrected chi connectivity index (χ3v) is 11.9. The summed E-state index contributed by atoms with van der Waals surface area (Å²) < 4.78 is 2.50. The van der Waals surface area contributed by atoms with Crippen molar-refractivity contribution in [3.05, 3.63) is 224 Å². The van der Waals surface area contributed by atoms with E-state index >= 15 is 0 Å². The molecule has 9 aromatic carbocycles. The van der Waals surface area contributed by atoms with E-state index in [9.17, 15) is 0 Å². The average Bonchev–Trinajstić information content (AvgIpc) is 3.74. The molecule has 0 amide bonds. The van der Waals surface area contributed by atoms with Gasteiger partial charge in [0.25, 0.3) is 0 Å². The fourth-order valence-corrected chi connectivity index (χ4v) is 9.23.